The van der Waals surface area contributed by atoms with Crippen LogP contribution in [0.4, 0.5) is 16.2 Å². The zero-order valence-electron chi connectivity index (χ0n) is 13.7. The summed E-state index contributed by atoms with van der Waals surface area (Å²) in [6, 6.07) is 4.43. The number of amides is 3. The lowest BCUT2D eigenvalue weighted by Crippen LogP contribution is -2.46. The molecular weight excluding hydrogens is 314 g/mol. The van der Waals surface area contributed by atoms with Gasteiger partial charge in [0.15, 0.2) is 6.61 Å². The molecule has 0 aromatic heterocycles. The molecule has 130 valence electrons. The summed E-state index contributed by atoms with van der Waals surface area (Å²) in [5, 5.41) is 12.6. The van der Waals surface area contributed by atoms with E-state index in [1.165, 1.54) is 4.90 Å². The van der Waals surface area contributed by atoms with Crippen LogP contribution in [0.2, 0.25) is 0 Å². The van der Waals surface area contributed by atoms with Gasteiger partial charge in [-0.05, 0) is 25.1 Å². The predicted molar refractivity (Wildman–Crippen MR) is 87.4 cm³/mol. The van der Waals surface area contributed by atoms with Crippen molar-refractivity contribution in [3.8, 4) is 5.75 Å². The van der Waals surface area contributed by atoms with E-state index < -0.39 is 6.10 Å². The Balaban J connectivity index is 1.75. The minimum absolute atomic E-state index is 0.0227. The molecule has 1 saturated heterocycles. The summed E-state index contributed by atoms with van der Waals surface area (Å²) in [7, 11) is 1.61. The topological polar surface area (TPSA) is 91.3 Å². The highest BCUT2D eigenvalue weighted by Gasteiger charge is 2.32. The Kier molecular flexibility index (Phi) is 4.59. The Morgan fingerprint density at radius 2 is 2.25 bits per heavy atom. The lowest BCUT2D eigenvalue weighted by Gasteiger charge is -2.29. The van der Waals surface area contributed by atoms with E-state index >= 15 is 0 Å². The molecule has 1 fully saturated rings. The number of hydrogen-bond acceptors (Lipinski definition) is 5. The van der Waals surface area contributed by atoms with E-state index in [-0.39, 0.29) is 31.2 Å². The molecule has 0 unspecified atom stereocenters. The van der Waals surface area contributed by atoms with Gasteiger partial charge in [0, 0.05) is 19.3 Å². The van der Waals surface area contributed by atoms with Gasteiger partial charge < -0.3 is 29.7 Å². The summed E-state index contributed by atoms with van der Waals surface area (Å²) in [6.07, 6.45) is -0.689. The van der Waals surface area contributed by atoms with Crippen molar-refractivity contribution in [2.24, 2.45) is 0 Å². The van der Waals surface area contributed by atoms with E-state index in [1.807, 2.05) is 6.92 Å². The van der Waals surface area contributed by atoms with Crippen LogP contribution < -0.4 is 15.0 Å². The van der Waals surface area contributed by atoms with Crippen LogP contribution in [0.1, 0.15) is 6.92 Å². The van der Waals surface area contributed by atoms with Gasteiger partial charge in [0.05, 0.1) is 31.0 Å². The molecule has 24 heavy (non-hydrogen) atoms. The van der Waals surface area contributed by atoms with Crippen LogP contribution in [-0.4, -0.2) is 67.5 Å². The molecular formula is C16H21N3O5. The average Bonchev–Trinajstić information content (AvgIpc) is 3.00. The number of aliphatic hydroxyl groups excluding tert-OH is 1. The summed E-state index contributed by atoms with van der Waals surface area (Å²) in [5.74, 6) is 0.499. The van der Waals surface area contributed by atoms with Gasteiger partial charge in [-0.15, -0.1) is 0 Å². The monoisotopic (exact) mass is 335 g/mol. The van der Waals surface area contributed by atoms with Crippen molar-refractivity contribution in [2.75, 3.05) is 43.6 Å². The van der Waals surface area contributed by atoms with Crippen LogP contribution >= 0.6 is 0 Å². The van der Waals surface area contributed by atoms with E-state index in [4.69, 9.17) is 9.47 Å². The van der Waals surface area contributed by atoms with E-state index in [1.54, 1.807) is 30.1 Å². The Morgan fingerprint density at radius 3 is 2.92 bits per heavy atom. The van der Waals surface area contributed by atoms with Gasteiger partial charge in [-0.2, -0.15) is 0 Å². The van der Waals surface area contributed by atoms with Crippen LogP contribution in [0.25, 0.3) is 0 Å². The second kappa shape index (κ2) is 6.66. The van der Waals surface area contributed by atoms with Gasteiger partial charge in [-0.25, -0.2) is 4.79 Å². The van der Waals surface area contributed by atoms with Crippen molar-refractivity contribution in [3.63, 3.8) is 0 Å². The van der Waals surface area contributed by atoms with Crippen LogP contribution in [0.3, 0.4) is 0 Å². The zero-order chi connectivity index (χ0) is 17.3. The van der Waals surface area contributed by atoms with Crippen molar-refractivity contribution >= 4 is 23.3 Å². The number of nitrogens with zero attached hydrogens (tertiary/aromatic N) is 2. The third-order valence-electron chi connectivity index (χ3n) is 4.31. The van der Waals surface area contributed by atoms with Crippen molar-refractivity contribution < 1.29 is 24.2 Å². The van der Waals surface area contributed by atoms with Crippen molar-refractivity contribution in [1.29, 1.82) is 0 Å². The van der Waals surface area contributed by atoms with Gasteiger partial charge in [0.2, 0.25) is 0 Å². The number of urea groups is 1. The second-order valence-corrected chi connectivity index (χ2v) is 5.82. The Morgan fingerprint density at radius 1 is 1.46 bits per heavy atom. The number of rotatable bonds is 3. The first kappa shape index (κ1) is 16.5. The second-order valence-electron chi connectivity index (χ2n) is 5.82. The molecule has 2 heterocycles. The van der Waals surface area contributed by atoms with Crippen LogP contribution in [0.15, 0.2) is 18.2 Å². The molecule has 1 aromatic carbocycles. The van der Waals surface area contributed by atoms with E-state index in [9.17, 15) is 14.7 Å². The number of likely N-dealkylation sites (N-methyl/N-ethyl adjacent to an activating group) is 2. The highest BCUT2D eigenvalue weighted by molar-refractivity contribution is 5.99. The molecule has 0 saturated carbocycles. The average molecular weight is 335 g/mol. The fraction of sp³-hybridized carbons (Fsp3) is 0.500. The maximum atomic E-state index is 12.4. The molecule has 3 amide bonds. The molecule has 0 radical (unpaired) electrons. The van der Waals surface area contributed by atoms with E-state index in [2.05, 4.69) is 5.32 Å². The van der Waals surface area contributed by atoms with Gasteiger partial charge in [0.1, 0.15) is 5.75 Å². The Bertz CT molecular complexity index is 651. The summed E-state index contributed by atoms with van der Waals surface area (Å²) in [5.41, 5.74) is 1.19. The lowest BCUT2D eigenvalue weighted by atomic mass is 10.2. The van der Waals surface area contributed by atoms with Crippen molar-refractivity contribution in [1.82, 2.24) is 4.90 Å². The quantitative estimate of drug-likeness (QED) is 0.846. The minimum Gasteiger partial charge on any atom is -0.482 e. The molecule has 2 aliphatic heterocycles. The number of hydrogen-bond donors (Lipinski definition) is 2. The Hall–Kier alpha value is -2.32. The first-order valence-electron chi connectivity index (χ1n) is 7.88. The Labute approximate surface area is 139 Å². The standard InChI is InChI=1S/C16H21N3O5/c1-3-19-11-6-10(4-5-14(11)24-9-15(19)21)17-16(22)18(2)12-7-23-8-13(12)20/h4-6,12-13,20H,3,7-9H2,1-2H3,(H,17,22)/t12-,13-/m0/s1. The predicted octanol–water partition coefficient (Wildman–Crippen LogP) is 0.655. The van der Waals surface area contributed by atoms with Crippen LogP contribution in [0.5, 0.6) is 5.75 Å². The molecule has 2 N–H and O–H groups in total. The molecule has 8 heteroatoms. The largest absolute Gasteiger partial charge is 0.482 e. The number of anilines is 2. The van der Waals surface area contributed by atoms with Crippen LogP contribution in [-0.2, 0) is 9.53 Å². The fourth-order valence-electron chi connectivity index (χ4n) is 2.89. The summed E-state index contributed by atoms with van der Waals surface area (Å²) in [4.78, 5) is 27.3. The number of fused-ring (bicyclic) bond motifs is 1. The van der Waals surface area contributed by atoms with E-state index in [0.717, 1.165) is 0 Å². The number of aliphatic hydroxyl groups is 1. The van der Waals surface area contributed by atoms with Gasteiger partial charge in [-0.3, -0.25) is 4.79 Å². The van der Waals surface area contributed by atoms with Crippen molar-refractivity contribution in [2.45, 2.75) is 19.1 Å². The molecule has 1 aromatic rings. The number of ether oxygens (including phenoxy) is 2. The minimum atomic E-state index is -0.689. The number of carbonyl (C=O) groups excluding carboxylic acids is 2. The SMILES string of the molecule is CCN1C(=O)COc2ccc(NC(=O)N(C)[C@H]3COC[C@@H]3O)cc21. The molecule has 0 aliphatic carbocycles. The smallest absolute Gasteiger partial charge is 0.322 e. The molecule has 0 spiro atoms. The fourth-order valence-corrected chi connectivity index (χ4v) is 2.89. The van der Waals surface area contributed by atoms with Gasteiger partial charge >= 0.3 is 6.03 Å². The molecule has 8 nitrogen and oxygen atoms in total. The molecule has 0 bridgehead atoms. The van der Waals surface area contributed by atoms with Gasteiger partial charge in [-0.1, -0.05) is 0 Å². The third kappa shape index (κ3) is 3.02. The highest BCUT2D eigenvalue weighted by Crippen LogP contribution is 2.34. The van der Waals surface area contributed by atoms with E-state index in [0.29, 0.717) is 30.3 Å². The maximum absolute atomic E-state index is 12.4. The summed E-state index contributed by atoms with van der Waals surface area (Å²) in [6.45, 7) is 2.97. The highest BCUT2D eigenvalue weighted by atomic mass is 16.5. The summed E-state index contributed by atoms with van der Waals surface area (Å²) >= 11 is 0. The van der Waals surface area contributed by atoms with Gasteiger partial charge in [0.25, 0.3) is 5.91 Å². The molecule has 2 aliphatic rings. The van der Waals surface area contributed by atoms with Crippen molar-refractivity contribution in [3.05, 3.63) is 18.2 Å². The zero-order valence-corrected chi connectivity index (χ0v) is 13.7. The van der Waals surface area contributed by atoms with Crippen LogP contribution in [0, 0.1) is 0 Å². The lowest BCUT2D eigenvalue weighted by molar-refractivity contribution is -0.121. The molecule has 2 atom stereocenters. The molecule has 3 rings (SSSR count). The third-order valence-corrected chi connectivity index (χ3v) is 4.31. The maximum Gasteiger partial charge on any atom is 0.322 e. The first-order chi connectivity index (χ1) is 11.5. The first-order valence-corrected chi connectivity index (χ1v) is 7.88. The normalized spacial score (nSPS) is 22.8. The summed E-state index contributed by atoms with van der Waals surface area (Å²) < 4.78 is 10.6. The number of benzene rings is 1. The number of carbonyl (C=O) groups is 2. The number of nitrogens with one attached hydrogen (secondary N) is 1.